The Labute approximate surface area is 194 Å². The van der Waals surface area contributed by atoms with E-state index in [2.05, 4.69) is 21.2 Å². The van der Waals surface area contributed by atoms with Crippen LogP contribution in [0.4, 0.5) is 9.18 Å². The predicted octanol–water partition coefficient (Wildman–Crippen LogP) is 2.16. The normalized spacial score (nSPS) is 15.4. The van der Waals surface area contributed by atoms with Crippen LogP contribution in [0.25, 0.3) is 0 Å². The molecule has 0 bridgehead atoms. The first-order valence-electron chi connectivity index (χ1n) is 10.1. The summed E-state index contributed by atoms with van der Waals surface area (Å²) >= 11 is 0. The van der Waals surface area contributed by atoms with Crippen molar-refractivity contribution in [3.8, 4) is 11.5 Å². The summed E-state index contributed by atoms with van der Waals surface area (Å²) in [6, 6.07) is 9.14. The number of benzene rings is 2. The van der Waals surface area contributed by atoms with Gasteiger partial charge in [0.05, 0.1) is 32.0 Å². The number of hydrazone groups is 1. The van der Waals surface area contributed by atoms with Gasteiger partial charge < -0.3 is 24.8 Å². The molecule has 0 spiro atoms. The molecule has 11 heteroatoms. The van der Waals surface area contributed by atoms with Gasteiger partial charge >= 0.3 is 12.0 Å². The van der Waals surface area contributed by atoms with E-state index in [-0.39, 0.29) is 29.5 Å². The molecule has 34 heavy (non-hydrogen) atoms. The van der Waals surface area contributed by atoms with E-state index in [0.717, 1.165) is 0 Å². The van der Waals surface area contributed by atoms with Crippen LogP contribution in [-0.2, 0) is 14.3 Å². The van der Waals surface area contributed by atoms with Crippen LogP contribution in [0, 0.1) is 5.82 Å². The van der Waals surface area contributed by atoms with Crippen LogP contribution in [0.5, 0.6) is 11.5 Å². The highest BCUT2D eigenvalue weighted by Gasteiger charge is 2.32. The number of amides is 3. The molecule has 3 N–H and O–H groups in total. The zero-order chi connectivity index (χ0) is 24.7. The second-order valence-electron chi connectivity index (χ2n) is 7.11. The number of halogens is 1. The number of methoxy groups -OCH3 is 2. The highest BCUT2D eigenvalue weighted by molar-refractivity contribution is 5.95. The number of ether oxygens (including phenoxy) is 3. The molecular formula is C23H23FN4O6. The highest BCUT2D eigenvalue weighted by Crippen LogP contribution is 2.34. The molecule has 0 saturated heterocycles. The molecule has 2 aromatic rings. The smallest absolute Gasteiger partial charge is 0.337 e. The van der Waals surface area contributed by atoms with Gasteiger partial charge in [-0.15, -0.1) is 0 Å². The van der Waals surface area contributed by atoms with E-state index in [1.165, 1.54) is 44.7 Å². The van der Waals surface area contributed by atoms with Crippen molar-refractivity contribution in [1.82, 2.24) is 16.1 Å². The molecule has 0 radical (unpaired) electrons. The maximum Gasteiger partial charge on any atom is 0.337 e. The number of nitrogens with zero attached hydrogens (tertiary/aromatic N) is 1. The molecule has 0 aromatic heterocycles. The third-order valence-corrected chi connectivity index (χ3v) is 4.83. The monoisotopic (exact) mass is 470 g/mol. The fourth-order valence-electron chi connectivity index (χ4n) is 3.21. The molecule has 178 valence electrons. The average molecular weight is 470 g/mol. The zero-order valence-corrected chi connectivity index (χ0v) is 18.7. The molecule has 0 fully saturated rings. The van der Waals surface area contributed by atoms with E-state index in [1.807, 2.05) is 0 Å². The van der Waals surface area contributed by atoms with Crippen molar-refractivity contribution in [2.75, 3.05) is 20.8 Å². The molecule has 1 aliphatic rings. The van der Waals surface area contributed by atoms with Crippen LogP contribution in [0.1, 0.15) is 24.1 Å². The Bertz CT molecular complexity index is 1150. The maximum atomic E-state index is 12.9. The van der Waals surface area contributed by atoms with Crippen LogP contribution in [0.3, 0.4) is 0 Å². The van der Waals surface area contributed by atoms with E-state index in [1.54, 1.807) is 25.1 Å². The van der Waals surface area contributed by atoms with E-state index in [4.69, 9.17) is 14.2 Å². The lowest BCUT2D eigenvalue weighted by Crippen LogP contribution is -2.45. The van der Waals surface area contributed by atoms with E-state index in [0.29, 0.717) is 16.8 Å². The molecule has 10 nitrogen and oxygen atoms in total. The van der Waals surface area contributed by atoms with Crippen molar-refractivity contribution in [3.63, 3.8) is 0 Å². The average Bonchev–Trinajstić information content (AvgIpc) is 2.83. The second-order valence-corrected chi connectivity index (χ2v) is 7.11. The Morgan fingerprint density at radius 2 is 1.88 bits per heavy atom. The molecule has 1 aliphatic heterocycles. The van der Waals surface area contributed by atoms with Gasteiger partial charge in [0.1, 0.15) is 5.82 Å². The van der Waals surface area contributed by atoms with Crippen molar-refractivity contribution in [1.29, 1.82) is 0 Å². The molecule has 1 heterocycles. The fraction of sp³-hybridized carbons (Fsp3) is 0.217. The summed E-state index contributed by atoms with van der Waals surface area (Å²) < 4.78 is 28.6. The zero-order valence-electron chi connectivity index (χ0n) is 18.7. The largest absolute Gasteiger partial charge is 0.493 e. The van der Waals surface area contributed by atoms with Gasteiger partial charge in [-0.05, 0) is 42.3 Å². The van der Waals surface area contributed by atoms with Gasteiger partial charge in [0, 0.05) is 5.70 Å². The van der Waals surface area contributed by atoms with Crippen LogP contribution in [0.15, 0.2) is 58.8 Å². The van der Waals surface area contributed by atoms with Gasteiger partial charge in [-0.3, -0.25) is 4.79 Å². The summed E-state index contributed by atoms with van der Waals surface area (Å²) in [6.45, 7) is 1.25. The number of hydrogen-bond donors (Lipinski definition) is 3. The number of rotatable bonds is 8. The van der Waals surface area contributed by atoms with Crippen LogP contribution in [0.2, 0.25) is 0 Å². The maximum absolute atomic E-state index is 12.9. The second kappa shape index (κ2) is 10.9. The summed E-state index contributed by atoms with van der Waals surface area (Å²) in [7, 11) is 2.67. The number of nitrogens with one attached hydrogen (secondary N) is 3. The third-order valence-electron chi connectivity index (χ3n) is 4.83. The summed E-state index contributed by atoms with van der Waals surface area (Å²) in [4.78, 5) is 36.3. The van der Waals surface area contributed by atoms with Crippen molar-refractivity contribution < 1.29 is 33.0 Å². The first-order valence-corrected chi connectivity index (χ1v) is 10.1. The van der Waals surface area contributed by atoms with E-state index < -0.39 is 23.9 Å². The van der Waals surface area contributed by atoms with Crippen LogP contribution >= 0.6 is 0 Å². The number of allylic oxidation sites excluding steroid dienone is 1. The SMILES string of the molecule is COC(=O)C1=C(C)NC(=O)N[C@H]1c1ccc(OCC(=O)N/N=C\c2ccc(F)cc2)c(OC)c1. The number of esters is 1. The Morgan fingerprint density at radius 3 is 2.56 bits per heavy atom. The van der Waals surface area contributed by atoms with Crippen molar-refractivity contribution in [2.45, 2.75) is 13.0 Å². The Morgan fingerprint density at radius 1 is 1.15 bits per heavy atom. The summed E-state index contributed by atoms with van der Waals surface area (Å²) in [6.07, 6.45) is 1.37. The lowest BCUT2D eigenvalue weighted by molar-refractivity contribution is -0.136. The fourth-order valence-corrected chi connectivity index (χ4v) is 3.21. The summed E-state index contributed by atoms with van der Waals surface area (Å²) in [5.41, 5.74) is 4.09. The van der Waals surface area contributed by atoms with Gasteiger partial charge in [0.2, 0.25) is 0 Å². The quantitative estimate of drug-likeness (QED) is 0.308. The molecule has 2 aromatic carbocycles. The molecular weight excluding hydrogens is 447 g/mol. The highest BCUT2D eigenvalue weighted by atomic mass is 19.1. The number of hydrogen-bond acceptors (Lipinski definition) is 7. The minimum atomic E-state index is -0.770. The number of carbonyl (C=O) groups excluding carboxylic acids is 3. The van der Waals surface area contributed by atoms with Gasteiger partial charge in [0.15, 0.2) is 18.1 Å². The van der Waals surface area contributed by atoms with Crippen molar-refractivity contribution >= 4 is 24.1 Å². The predicted molar refractivity (Wildman–Crippen MR) is 120 cm³/mol. The van der Waals surface area contributed by atoms with Gasteiger partial charge in [-0.25, -0.2) is 19.4 Å². The molecule has 0 aliphatic carbocycles. The Balaban J connectivity index is 1.68. The standard InChI is InChI=1S/C23H23FN4O6/c1-13-20(22(30)33-3)21(27-23(31)26-13)15-6-9-17(18(10-15)32-2)34-12-19(29)28-25-11-14-4-7-16(24)8-5-14/h4-11,21H,12H2,1-3H3,(H,28,29)(H2,26,27,31)/b25-11-/t21-/m0/s1. The lowest BCUT2D eigenvalue weighted by Gasteiger charge is -2.28. The van der Waals surface area contributed by atoms with Gasteiger partial charge in [0.25, 0.3) is 5.91 Å². The van der Waals surface area contributed by atoms with Crippen molar-refractivity contribution in [2.24, 2.45) is 5.10 Å². The van der Waals surface area contributed by atoms with E-state index >= 15 is 0 Å². The summed E-state index contributed by atoms with van der Waals surface area (Å²) in [5.74, 6) is -0.933. The molecule has 3 rings (SSSR count). The number of urea groups is 1. The molecule has 1 atom stereocenters. The molecule has 0 saturated carbocycles. The van der Waals surface area contributed by atoms with Gasteiger partial charge in [-0.1, -0.05) is 18.2 Å². The van der Waals surface area contributed by atoms with Crippen molar-refractivity contribution in [3.05, 3.63) is 70.7 Å². The molecule has 0 unspecified atom stereocenters. The van der Waals surface area contributed by atoms with Gasteiger partial charge in [-0.2, -0.15) is 5.10 Å². The topological polar surface area (TPSA) is 127 Å². The minimum Gasteiger partial charge on any atom is -0.493 e. The molecule has 3 amide bonds. The number of carbonyl (C=O) groups is 3. The Kier molecular flexibility index (Phi) is 7.80. The third kappa shape index (κ3) is 5.88. The van der Waals surface area contributed by atoms with Crippen LogP contribution < -0.4 is 25.5 Å². The van der Waals surface area contributed by atoms with Crippen LogP contribution in [-0.4, -0.2) is 44.9 Å². The lowest BCUT2D eigenvalue weighted by atomic mass is 9.95. The Hall–Kier alpha value is -4.41. The minimum absolute atomic E-state index is 0.246. The first-order chi connectivity index (χ1) is 16.3. The van der Waals surface area contributed by atoms with E-state index in [9.17, 15) is 18.8 Å². The first kappa shape index (κ1) is 24.2. The summed E-state index contributed by atoms with van der Waals surface area (Å²) in [5, 5.41) is 9.03.